The van der Waals surface area contributed by atoms with Gasteiger partial charge in [0.2, 0.25) is 5.91 Å². The fourth-order valence-electron chi connectivity index (χ4n) is 4.45. The van der Waals surface area contributed by atoms with E-state index in [9.17, 15) is 22.0 Å². The number of fused-ring (bicyclic) bond motifs is 1. The van der Waals surface area contributed by atoms with Crippen LogP contribution >= 0.6 is 0 Å². The highest BCUT2D eigenvalue weighted by molar-refractivity contribution is 7.92. The van der Waals surface area contributed by atoms with Crippen LogP contribution in [-0.2, 0) is 32.6 Å². The fourth-order valence-corrected chi connectivity index (χ4v) is 5.47. The van der Waals surface area contributed by atoms with Crippen LogP contribution in [0.3, 0.4) is 0 Å². The highest BCUT2D eigenvalue weighted by Gasteiger charge is 2.23. The molecule has 13 heteroatoms. The Balaban J connectivity index is 1.40. The van der Waals surface area contributed by atoms with E-state index in [-0.39, 0.29) is 18.3 Å². The Hall–Kier alpha value is -4.07. The van der Waals surface area contributed by atoms with Crippen molar-refractivity contribution >= 4 is 32.7 Å². The third-order valence-electron chi connectivity index (χ3n) is 6.42. The van der Waals surface area contributed by atoms with Crippen LogP contribution in [0.25, 0.3) is 10.9 Å². The zero-order valence-electron chi connectivity index (χ0n) is 21.5. The molecule has 3 aromatic carbocycles. The summed E-state index contributed by atoms with van der Waals surface area (Å²) >= 11 is 0. The van der Waals surface area contributed by atoms with Gasteiger partial charge in [0, 0.05) is 13.1 Å². The van der Waals surface area contributed by atoms with Gasteiger partial charge in [-0.05, 0) is 41.5 Å². The molecule has 0 spiro atoms. The van der Waals surface area contributed by atoms with Crippen LogP contribution in [0.15, 0.2) is 65.6 Å². The van der Waals surface area contributed by atoms with Gasteiger partial charge in [0.15, 0.2) is 17.5 Å². The lowest BCUT2D eigenvalue weighted by atomic mass is 10.1. The fraction of sp³-hybridized carbons (Fsp3) is 0.259. The van der Waals surface area contributed by atoms with Crippen molar-refractivity contribution in [2.24, 2.45) is 0 Å². The topological polar surface area (TPSA) is 124 Å². The van der Waals surface area contributed by atoms with Gasteiger partial charge in [0.1, 0.15) is 11.8 Å². The van der Waals surface area contributed by atoms with Crippen molar-refractivity contribution < 1.29 is 31.5 Å². The lowest BCUT2D eigenvalue weighted by Gasteiger charge is -2.22. The minimum absolute atomic E-state index is 0.0252. The van der Waals surface area contributed by atoms with Gasteiger partial charge < -0.3 is 20.1 Å². The predicted molar refractivity (Wildman–Crippen MR) is 143 cm³/mol. The van der Waals surface area contributed by atoms with Crippen molar-refractivity contribution in [2.45, 2.75) is 24.0 Å². The number of hydrogen-bond donors (Lipinski definition) is 3. The van der Waals surface area contributed by atoms with Crippen molar-refractivity contribution in [3.05, 3.63) is 83.4 Å². The molecule has 1 aliphatic heterocycles. The highest BCUT2D eigenvalue weighted by Crippen LogP contribution is 2.34. The Morgan fingerprint density at radius 1 is 1.12 bits per heavy atom. The van der Waals surface area contributed by atoms with Crippen LogP contribution < -0.4 is 20.1 Å². The van der Waals surface area contributed by atoms with E-state index in [0.29, 0.717) is 49.0 Å². The maximum absolute atomic E-state index is 13.8. The number of anilines is 1. The van der Waals surface area contributed by atoms with Gasteiger partial charge in [0.25, 0.3) is 10.0 Å². The van der Waals surface area contributed by atoms with E-state index in [1.165, 1.54) is 7.11 Å². The molecule has 0 bridgehead atoms. The number of aromatic nitrogens is 2. The van der Waals surface area contributed by atoms with Crippen molar-refractivity contribution in [1.29, 1.82) is 0 Å². The number of nitrogens with zero attached hydrogens (tertiary/aromatic N) is 2. The first kappa shape index (κ1) is 27.5. The van der Waals surface area contributed by atoms with Crippen molar-refractivity contribution in [3.8, 4) is 5.75 Å². The molecular formula is C27H27F2N5O5S. The Labute approximate surface area is 229 Å². The average molecular weight is 572 g/mol. The normalized spacial score (nSPS) is 15.6. The van der Waals surface area contributed by atoms with Gasteiger partial charge in [-0.2, -0.15) is 5.10 Å². The number of hydrogen-bond acceptors (Lipinski definition) is 7. The third kappa shape index (κ3) is 5.91. The van der Waals surface area contributed by atoms with E-state index in [2.05, 4.69) is 20.5 Å². The Morgan fingerprint density at radius 2 is 1.93 bits per heavy atom. The molecule has 1 aliphatic rings. The van der Waals surface area contributed by atoms with Crippen LogP contribution in [0.4, 0.5) is 14.6 Å². The molecule has 1 saturated heterocycles. The molecule has 2 heterocycles. The zero-order chi connectivity index (χ0) is 28.3. The monoisotopic (exact) mass is 571 g/mol. The molecule has 40 heavy (non-hydrogen) atoms. The van der Waals surface area contributed by atoms with Gasteiger partial charge in [0.05, 0.1) is 42.7 Å². The number of halogens is 2. The Kier molecular flexibility index (Phi) is 7.96. The molecule has 1 amide bonds. The van der Waals surface area contributed by atoms with E-state index in [4.69, 9.17) is 9.47 Å². The summed E-state index contributed by atoms with van der Waals surface area (Å²) in [4.78, 5) is 12.0. The van der Waals surface area contributed by atoms with Gasteiger partial charge in [-0.3, -0.25) is 14.2 Å². The first-order chi connectivity index (χ1) is 19.2. The lowest BCUT2D eigenvalue weighted by molar-refractivity contribution is -0.126. The molecule has 3 N–H and O–H groups in total. The van der Waals surface area contributed by atoms with Crippen LogP contribution in [0, 0.1) is 11.6 Å². The predicted octanol–water partition coefficient (Wildman–Crippen LogP) is 2.78. The lowest BCUT2D eigenvalue weighted by Crippen LogP contribution is -2.51. The summed E-state index contributed by atoms with van der Waals surface area (Å²) in [6.07, 6.45) is 0. The number of methoxy groups -OCH3 is 1. The van der Waals surface area contributed by atoms with E-state index in [1.807, 2.05) is 24.3 Å². The Morgan fingerprint density at radius 3 is 2.67 bits per heavy atom. The minimum atomic E-state index is -4.30. The highest BCUT2D eigenvalue weighted by atomic mass is 32.2. The number of rotatable bonds is 9. The first-order valence-electron chi connectivity index (χ1n) is 12.4. The quantitative estimate of drug-likeness (QED) is 0.282. The molecule has 4 aromatic rings. The molecule has 210 valence electrons. The molecule has 1 atom stereocenters. The molecule has 1 fully saturated rings. The standard InChI is InChI=1S/C27H27F2N5O5S/c1-38-24-7-3-6-23-25(24)26(33-40(36,37)19-8-9-20(28)21(29)13-19)32-34(23)15-18-5-2-4-17(12-18)14-31-27(35)22-16-39-11-10-30-22/h2-9,12-13,22,30H,10-11,14-16H2,1H3,(H,31,35)(H,32,33). The van der Waals surface area contributed by atoms with E-state index >= 15 is 0 Å². The third-order valence-corrected chi connectivity index (χ3v) is 7.76. The molecule has 0 radical (unpaired) electrons. The van der Waals surface area contributed by atoms with Crippen molar-refractivity contribution in [1.82, 2.24) is 20.4 Å². The second-order valence-corrected chi connectivity index (χ2v) is 10.8. The SMILES string of the molecule is COc1cccc2c1c(NS(=O)(=O)c1ccc(F)c(F)c1)nn2Cc1cccc(CNC(=O)C2COCCN2)c1. The number of nitrogens with one attached hydrogen (secondary N) is 3. The summed E-state index contributed by atoms with van der Waals surface area (Å²) in [5, 5.41) is 10.9. The number of carbonyl (C=O) groups is 1. The molecule has 0 aliphatic carbocycles. The molecule has 5 rings (SSSR count). The summed E-state index contributed by atoms with van der Waals surface area (Å²) in [6, 6.07) is 14.7. The van der Waals surface area contributed by atoms with Gasteiger partial charge in [-0.25, -0.2) is 17.2 Å². The van der Waals surface area contributed by atoms with Crippen LogP contribution in [0.5, 0.6) is 5.75 Å². The second-order valence-electron chi connectivity index (χ2n) is 9.16. The average Bonchev–Trinajstić information content (AvgIpc) is 3.30. The van der Waals surface area contributed by atoms with Crippen LogP contribution in [-0.4, -0.2) is 57.0 Å². The maximum atomic E-state index is 13.8. The maximum Gasteiger partial charge on any atom is 0.263 e. The summed E-state index contributed by atoms with van der Waals surface area (Å²) in [6.45, 7) is 2.11. The largest absolute Gasteiger partial charge is 0.496 e. The summed E-state index contributed by atoms with van der Waals surface area (Å²) in [5.74, 6) is -2.23. The number of morpholine rings is 1. The second kappa shape index (κ2) is 11.6. The molecular weight excluding hydrogens is 544 g/mol. The summed E-state index contributed by atoms with van der Waals surface area (Å²) in [7, 11) is -2.85. The van der Waals surface area contributed by atoms with Crippen molar-refractivity contribution in [3.63, 3.8) is 0 Å². The van der Waals surface area contributed by atoms with Gasteiger partial charge >= 0.3 is 0 Å². The van der Waals surface area contributed by atoms with Gasteiger partial charge in [-0.15, -0.1) is 0 Å². The number of ether oxygens (including phenoxy) is 2. The van der Waals surface area contributed by atoms with E-state index in [0.717, 1.165) is 23.3 Å². The smallest absolute Gasteiger partial charge is 0.263 e. The van der Waals surface area contributed by atoms with E-state index in [1.54, 1.807) is 22.9 Å². The van der Waals surface area contributed by atoms with Crippen LogP contribution in [0.2, 0.25) is 0 Å². The van der Waals surface area contributed by atoms with E-state index < -0.39 is 32.6 Å². The number of benzene rings is 3. The summed E-state index contributed by atoms with van der Waals surface area (Å²) in [5.41, 5.74) is 2.31. The number of sulfonamides is 1. The number of amides is 1. The summed E-state index contributed by atoms with van der Waals surface area (Å²) < 4.78 is 68.0. The molecule has 10 nitrogen and oxygen atoms in total. The van der Waals surface area contributed by atoms with Crippen molar-refractivity contribution in [2.75, 3.05) is 31.6 Å². The van der Waals surface area contributed by atoms with Crippen LogP contribution in [0.1, 0.15) is 11.1 Å². The first-order valence-corrected chi connectivity index (χ1v) is 13.9. The minimum Gasteiger partial charge on any atom is -0.496 e. The Bertz CT molecular complexity index is 1650. The molecule has 0 saturated carbocycles. The number of carbonyl (C=O) groups excluding carboxylic acids is 1. The molecule has 1 aromatic heterocycles. The molecule has 1 unspecified atom stereocenters. The zero-order valence-corrected chi connectivity index (χ0v) is 22.3. The van der Waals surface area contributed by atoms with Gasteiger partial charge in [-0.1, -0.05) is 30.3 Å².